The lowest BCUT2D eigenvalue weighted by Gasteiger charge is -2.33. The first kappa shape index (κ1) is 30.3. The highest BCUT2D eigenvalue weighted by atomic mass is 19.4. The summed E-state index contributed by atoms with van der Waals surface area (Å²) < 4.78 is 38.9. The van der Waals surface area contributed by atoms with Crippen molar-refractivity contribution in [2.24, 2.45) is 23.5 Å². The molecular formula is C32H38F3N3O3. The molecule has 1 saturated heterocycles. The maximum absolute atomic E-state index is 13.6. The Morgan fingerprint density at radius 1 is 1.02 bits per heavy atom. The summed E-state index contributed by atoms with van der Waals surface area (Å²) >= 11 is 0. The predicted molar refractivity (Wildman–Crippen MR) is 151 cm³/mol. The third-order valence-corrected chi connectivity index (χ3v) is 8.36. The largest absolute Gasteiger partial charge is 0.416 e. The van der Waals surface area contributed by atoms with E-state index < -0.39 is 35.5 Å². The molecule has 0 bridgehead atoms. The maximum Gasteiger partial charge on any atom is 0.416 e. The molecule has 4 rings (SSSR count). The lowest BCUT2D eigenvalue weighted by Crippen LogP contribution is -2.51. The average molecular weight is 570 g/mol. The van der Waals surface area contributed by atoms with Crippen molar-refractivity contribution in [3.63, 3.8) is 0 Å². The number of allylic oxidation sites excluding steroid dienone is 1. The number of primary amides is 1. The van der Waals surface area contributed by atoms with Crippen molar-refractivity contribution < 1.29 is 27.6 Å². The molecule has 3 amide bonds. The number of hydrogen-bond donors (Lipinski definition) is 2. The number of nitrogens with zero attached hydrogens (tertiary/aromatic N) is 1. The van der Waals surface area contributed by atoms with Gasteiger partial charge in [-0.15, -0.1) is 6.58 Å². The van der Waals surface area contributed by atoms with E-state index >= 15 is 0 Å². The molecule has 6 nitrogen and oxygen atoms in total. The minimum Gasteiger partial charge on any atom is -0.369 e. The molecule has 0 radical (unpaired) electrons. The molecule has 220 valence electrons. The van der Waals surface area contributed by atoms with Crippen LogP contribution in [0, 0.1) is 17.8 Å². The van der Waals surface area contributed by atoms with Gasteiger partial charge in [-0.25, -0.2) is 0 Å². The van der Waals surface area contributed by atoms with Crippen LogP contribution in [0.2, 0.25) is 0 Å². The van der Waals surface area contributed by atoms with Crippen LogP contribution in [0.4, 0.5) is 13.2 Å². The zero-order valence-electron chi connectivity index (χ0n) is 23.2. The highest BCUT2D eigenvalue weighted by molar-refractivity contribution is 5.91. The van der Waals surface area contributed by atoms with E-state index in [0.29, 0.717) is 43.8 Å². The van der Waals surface area contributed by atoms with Gasteiger partial charge in [-0.3, -0.25) is 14.4 Å². The molecule has 2 aliphatic rings. The van der Waals surface area contributed by atoms with E-state index in [1.807, 2.05) is 24.3 Å². The second-order valence-electron chi connectivity index (χ2n) is 11.3. The van der Waals surface area contributed by atoms with E-state index in [4.69, 9.17) is 5.73 Å². The highest BCUT2D eigenvalue weighted by Crippen LogP contribution is 2.36. The Kier molecular flexibility index (Phi) is 9.89. The molecule has 0 aromatic heterocycles. The van der Waals surface area contributed by atoms with Gasteiger partial charge >= 0.3 is 6.18 Å². The number of alkyl halides is 3. The van der Waals surface area contributed by atoms with Crippen LogP contribution in [0.25, 0.3) is 11.1 Å². The lowest BCUT2D eigenvalue weighted by atomic mass is 9.74. The predicted octanol–water partition coefficient (Wildman–Crippen LogP) is 5.85. The van der Waals surface area contributed by atoms with Crippen LogP contribution < -0.4 is 11.1 Å². The van der Waals surface area contributed by atoms with Crippen LogP contribution in [0.5, 0.6) is 0 Å². The van der Waals surface area contributed by atoms with Crippen LogP contribution in [0.3, 0.4) is 0 Å². The zero-order chi connectivity index (χ0) is 29.6. The standard InChI is InChI=1S/C32H38F3N3O3/c1-2-7-26(29(36)39)27(19-21-8-5-9-21)30(40)37-28-12-3-4-17-38(31(28)41)20-22-10-6-11-24(18-22)23-13-15-25(16-14-23)32(33,34)35/h2,6,10-11,13-16,18,21,26-28H,1,3-5,7-9,12,17,19-20H2,(H2,36,39)(H,37,40)/t26?,27?,28-/m0/s1. The first-order valence-corrected chi connectivity index (χ1v) is 14.3. The fraction of sp³-hybridized carbons (Fsp3) is 0.469. The Morgan fingerprint density at radius 2 is 1.76 bits per heavy atom. The number of likely N-dealkylation sites (tertiary alicyclic amines) is 1. The maximum atomic E-state index is 13.6. The minimum atomic E-state index is -4.40. The summed E-state index contributed by atoms with van der Waals surface area (Å²) in [5.74, 6) is -1.94. The fourth-order valence-electron chi connectivity index (χ4n) is 5.80. The van der Waals surface area contributed by atoms with E-state index in [1.54, 1.807) is 11.0 Å². The summed E-state index contributed by atoms with van der Waals surface area (Å²) in [5.41, 5.74) is 7.21. The van der Waals surface area contributed by atoms with Gasteiger partial charge in [0.05, 0.1) is 17.4 Å². The van der Waals surface area contributed by atoms with Crippen LogP contribution in [0.15, 0.2) is 61.2 Å². The molecule has 2 unspecified atom stereocenters. The van der Waals surface area contributed by atoms with E-state index in [2.05, 4.69) is 11.9 Å². The van der Waals surface area contributed by atoms with Gasteiger partial charge in [0.2, 0.25) is 17.7 Å². The number of nitrogens with two attached hydrogens (primary N) is 1. The molecule has 1 aliphatic carbocycles. The molecule has 1 saturated carbocycles. The number of carbonyl (C=O) groups excluding carboxylic acids is 3. The number of amides is 3. The fourth-order valence-corrected chi connectivity index (χ4v) is 5.80. The van der Waals surface area contributed by atoms with Crippen LogP contribution in [0.1, 0.15) is 62.5 Å². The van der Waals surface area contributed by atoms with Gasteiger partial charge in [-0.2, -0.15) is 13.2 Å². The second kappa shape index (κ2) is 13.4. The monoisotopic (exact) mass is 569 g/mol. The summed E-state index contributed by atoms with van der Waals surface area (Å²) in [5, 5.41) is 2.96. The Bertz CT molecular complexity index is 1240. The highest BCUT2D eigenvalue weighted by Gasteiger charge is 2.37. The number of carbonyl (C=O) groups is 3. The second-order valence-corrected chi connectivity index (χ2v) is 11.3. The van der Waals surface area contributed by atoms with E-state index in [9.17, 15) is 27.6 Å². The van der Waals surface area contributed by atoms with Crippen molar-refractivity contribution in [3.05, 3.63) is 72.3 Å². The van der Waals surface area contributed by atoms with Gasteiger partial charge in [0.1, 0.15) is 6.04 Å². The van der Waals surface area contributed by atoms with Gasteiger partial charge in [-0.1, -0.05) is 55.7 Å². The average Bonchev–Trinajstić information content (AvgIpc) is 3.07. The summed E-state index contributed by atoms with van der Waals surface area (Å²) in [6.07, 6.45) is 3.27. The molecule has 1 heterocycles. The SMILES string of the molecule is C=CCC(C(N)=O)C(CC1CCC1)C(=O)N[C@H]1CCCCN(Cc2cccc(-c3ccc(C(F)(F)F)cc3)c2)C1=O. The zero-order valence-corrected chi connectivity index (χ0v) is 23.2. The van der Waals surface area contributed by atoms with Crippen molar-refractivity contribution in [3.8, 4) is 11.1 Å². The van der Waals surface area contributed by atoms with Gasteiger partial charge in [0.25, 0.3) is 0 Å². The first-order valence-electron chi connectivity index (χ1n) is 14.3. The third-order valence-electron chi connectivity index (χ3n) is 8.36. The molecule has 9 heteroatoms. The topological polar surface area (TPSA) is 92.5 Å². The van der Waals surface area contributed by atoms with Crippen molar-refractivity contribution in [2.45, 2.75) is 70.1 Å². The van der Waals surface area contributed by atoms with Crippen molar-refractivity contribution in [1.29, 1.82) is 0 Å². The first-order chi connectivity index (χ1) is 19.6. The molecule has 0 spiro atoms. The van der Waals surface area contributed by atoms with E-state index in [1.165, 1.54) is 12.1 Å². The molecule has 2 fully saturated rings. The number of hydrogen-bond acceptors (Lipinski definition) is 3. The molecule has 2 aromatic rings. The molecule has 3 N–H and O–H groups in total. The van der Waals surface area contributed by atoms with Gasteiger partial charge in [-0.05, 0) is 72.9 Å². The molecule has 1 aliphatic heterocycles. The Labute approximate surface area is 239 Å². The Hall–Kier alpha value is -3.62. The van der Waals surface area contributed by atoms with Crippen molar-refractivity contribution in [1.82, 2.24) is 10.2 Å². The number of benzene rings is 2. The molecule has 3 atom stereocenters. The van der Waals surface area contributed by atoms with Gasteiger partial charge in [0.15, 0.2) is 0 Å². The third kappa shape index (κ3) is 7.77. The van der Waals surface area contributed by atoms with Gasteiger partial charge < -0.3 is 16.0 Å². The minimum absolute atomic E-state index is 0.183. The van der Waals surface area contributed by atoms with Crippen LogP contribution in [-0.4, -0.2) is 35.2 Å². The normalized spacial score (nSPS) is 19.5. The van der Waals surface area contributed by atoms with E-state index in [-0.39, 0.29) is 11.8 Å². The van der Waals surface area contributed by atoms with Crippen molar-refractivity contribution in [2.75, 3.05) is 6.54 Å². The summed E-state index contributed by atoms with van der Waals surface area (Å²) in [7, 11) is 0. The number of halogens is 3. The Balaban J connectivity index is 1.47. The summed E-state index contributed by atoms with van der Waals surface area (Å²) in [6, 6.07) is 11.7. The Morgan fingerprint density at radius 3 is 2.37 bits per heavy atom. The lowest BCUT2D eigenvalue weighted by molar-refractivity contribution is -0.139. The van der Waals surface area contributed by atoms with Crippen molar-refractivity contribution >= 4 is 17.7 Å². The summed E-state index contributed by atoms with van der Waals surface area (Å²) in [6.45, 7) is 4.56. The molecule has 2 aromatic carbocycles. The van der Waals surface area contributed by atoms with Crippen LogP contribution in [-0.2, 0) is 27.1 Å². The number of rotatable bonds is 11. The van der Waals surface area contributed by atoms with Crippen LogP contribution >= 0.6 is 0 Å². The number of nitrogens with one attached hydrogen (secondary N) is 1. The summed E-state index contributed by atoms with van der Waals surface area (Å²) in [4.78, 5) is 41.1. The van der Waals surface area contributed by atoms with E-state index in [0.717, 1.165) is 55.4 Å². The van der Waals surface area contributed by atoms with Gasteiger partial charge in [0, 0.05) is 13.1 Å². The molecule has 41 heavy (non-hydrogen) atoms. The quantitative estimate of drug-likeness (QED) is 0.333. The smallest absolute Gasteiger partial charge is 0.369 e. The molecular weight excluding hydrogens is 531 g/mol.